The molecule has 0 fully saturated rings. The Morgan fingerprint density at radius 3 is 2.74 bits per heavy atom. The van der Waals surface area contributed by atoms with Crippen LogP contribution < -0.4 is 4.87 Å². The lowest BCUT2D eigenvalue weighted by atomic mass is 10.2. The van der Waals surface area contributed by atoms with Crippen LogP contribution in [-0.4, -0.2) is 16.0 Å². The van der Waals surface area contributed by atoms with Gasteiger partial charge in [-0.15, -0.1) is 0 Å². The fourth-order valence-corrected chi connectivity index (χ4v) is 2.57. The number of hydrogen-bond donors (Lipinski definition) is 1. The van der Waals surface area contributed by atoms with Crippen LogP contribution in [-0.2, 0) is 0 Å². The maximum atomic E-state index is 11.9. The first kappa shape index (κ1) is 11.7. The van der Waals surface area contributed by atoms with Crippen LogP contribution in [0.1, 0.15) is 5.56 Å². The SMILES string of the molecule is O=c1sc2ccc(O)cc2n1/N=C/c1ccccc1. The van der Waals surface area contributed by atoms with Crippen molar-refractivity contribution in [3.63, 3.8) is 0 Å². The topological polar surface area (TPSA) is 54.6 Å². The first-order chi connectivity index (χ1) is 9.24. The van der Waals surface area contributed by atoms with E-state index in [9.17, 15) is 9.90 Å². The van der Waals surface area contributed by atoms with Gasteiger partial charge in [-0.3, -0.25) is 4.79 Å². The van der Waals surface area contributed by atoms with Gasteiger partial charge in [0.2, 0.25) is 0 Å². The smallest absolute Gasteiger partial charge is 0.328 e. The van der Waals surface area contributed by atoms with Crippen LogP contribution >= 0.6 is 11.3 Å². The van der Waals surface area contributed by atoms with Gasteiger partial charge in [0.25, 0.3) is 0 Å². The number of aromatic nitrogens is 1. The summed E-state index contributed by atoms with van der Waals surface area (Å²) in [5.41, 5.74) is 1.52. The van der Waals surface area contributed by atoms with E-state index in [2.05, 4.69) is 5.10 Å². The van der Waals surface area contributed by atoms with Crippen molar-refractivity contribution in [3.05, 3.63) is 63.8 Å². The highest BCUT2D eigenvalue weighted by Gasteiger charge is 2.06. The lowest BCUT2D eigenvalue weighted by Crippen LogP contribution is -2.07. The number of benzene rings is 2. The molecule has 0 spiro atoms. The number of aromatic hydroxyl groups is 1. The van der Waals surface area contributed by atoms with E-state index in [0.717, 1.165) is 21.6 Å². The molecule has 19 heavy (non-hydrogen) atoms. The second kappa shape index (κ2) is 4.70. The summed E-state index contributed by atoms with van der Waals surface area (Å²) in [7, 11) is 0. The number of hydrogen-bond acceptors (Lipinski definition) is 4. The second-order valence-electron chi connectivity index (χ2n) is 3.99. The van der Waals surface area contributed by atoms with Crippen molar-refractivity contribution >= 4 is 27.8 Å². The molecule has 5 heteroatoms. The van der Waals surface area contributed by atoms with E-state index in [1.54, 1.807) is 18.3 Å². The van der Waals surface area contributed by atoms with Crippen LogP contribution in [0, 0.1) is 0 Å². The Kier molecular flexibility index (Phi) is 2.89. The maximum absolute atomic E-state index is 11.9. The molecule has 4 nitrogen and oxygen atoms in total. The number of nitrogens with zero attached hydrogens (tertiary/aromatic N) is 2. The predicted octanol–water partition coefficient (Wildman–Crippen LogP) is 2.65. The highest BCUT2D eigenvalue weighted by molar-refractivity contribution is 7.16. The molecule has 0 aliphatic heterocycles. The quantitative estimate of drug-likeness (QED) is 0.728. The Morgan fingerprint density at radius 1 is 1.16 bits per heavy atom. The summed E-state index contributed by atoms with van der Waals surface area (Å²) in [6, 6.07) is 14.3. The molecule has 0 radical (unpaired) electrons. The Balaban J connectivity index is 2.10. The first-order valence-electron chi connectivity index (χ1n) is 5.68. The molecule has 0 saturated carbocycles. The summed E-state index contributed by atoms with van der Waals surface area (Å²) in [4.78, 5) is 11.7. The summed E-state index contributed by atoms with van der Waals surface area (Å²) in [5.74, 6) is 0.119. The highest BCUT2D eigenvalue weighted by Crippen LogP contribution is 2.21. The minimum Gasteiger partial charge on any atom is -0.508 e. The Labute approximate surface area is 112 Å². The molecule has 0 bridgehead atoms. The Morgan fingerprint density at radius 2 is 1.95 bits per heavy atom. The van der Waals surface area contributed by atoms with E-state index >= 15 is 0 Å². The summed E-state index contributed by atoms with van der Waals surface area (Å²) >= 11 is 1.11. The van der Waals surface area contributed by atoms with Crippen molar-refractivity contribution in [2.24, 2.45) is 5.10 Å². The zero-order valence-corrected chi connectivity index (χ0v) is 10.7. The number of rotatable bonds is 2. The van der Waals surface area contributed by atoms with Crippen LogP contribution in [0.15, 0.2) is 58.4 Å². The summed E-state index contributed by atoms with van der Waals surface area (Å²) in [5, 5.41) is 13.7. The third kappa shape index (κ3) is 2.28. The molecule has 3 aromatic rings. The van der Waals surface area contributed by atoms with Crippen molar-refractivity contribution in [1.29, 1.82) is 0 Å². The van der Waals surface area contributed by atoms with Gasteiger partial charge in [-0.25, -0.2) is 0 Å². The predicted molar refractivity (Wildman–Crippen MR) is 77.2 cm³/mol. The number of fused-ring (bicyclic) bond motifs is 1. The highest BCUT2D eigenvalue weighted by atomic mass is 32.1. The fraction of sp³-hybridized carbons (Fsp3) is 0. The molecule has 1 heterocycles. The number of thiazole rings is 1. The molecule has 1 aromatic heterocycles. The molecular formula is C14H10N2O2S. The molecule has 1 N–H and O–H groups in total. The van der Waals surface area contributed by atoms with Gasteiger partial charge in [0.15, 0.2) is 0 Å². The van der Waals surface area contributed by atoms with E-state index in [-0.39, 0.29) is 10.6 Å². The van der Waals surface area contributed by atoms with Gasteiger partial charge >= 0.3 is 4.87 Å². The average molecular weight is 270 g/mol. The third-order valence-corrected chi connectivity index (χ3v) is 3.58. The van der Waals surface area contributed by atoms with Crippen molar-refractivity contribution in [2.75, 3.05) is 0 Å². The van der Waals surface area contributed by atoms with Crippen LogP contribution in [0.2, 0.25) is 0 Å². The molecule has 0 saturated heterocycles. The van der Waals surface area contributed by atoms with Crippen molar-refractivity contribution in [2.45, 2.75) is 0 Å². The van der Waals surface area contributed by atoms with Crippen LogP contribution in [0.5, 0.6) is 5.75 Å². The molecule has 0 atom stereocenters. The van der Waals surface area contributed by atoms with E-state index in [1.807, 2.05) is 30.3 Å². The minimum absolute atomic E-state index is 0.119. The van der Waals surface area contributed by atoms with Gasteiger partial charge in [-0.05, 0) is 17.7 Å². The maximum Gasteiger partial charge on any atom is 0.328 e. The zero-order valence-electron chi connectivity index (χ0n) is 9.85. The molecule has 0 amide bonds. The average Bonchev–Trinajstić information content (AvgIpc) is 2.73. The lowest BCUT2D eigenvalue weighted by molar-refractivity contribution is 0.476. The van der Waals surface area contributed by atoms with Gasteiger partial charge in [0.1, 0.15) is 5.75 Å². The van der Waals surface area contributed by atoms with Crippen LogP contribution in [0.3, 0.4) is 0 Å². The molecule has 94 valence electrons. The normalized spacial score (nSPS) is 11.4. The van der Waals surface area contributed by atoms with E-state index < -0.39 is 0 Å². The largest absolute Gasteiger partial charge is 0.508 e. The van der Waals surface area contributed by atoms with Crippen LogP contribution in [0.4, 0.5) is 0 Å². The van der Waals surface area contributed by atoms with Gasteiger partial charge < -0.3 is 5.11 Å². The van der Waals surface area contributed by atoms with Gasteiger partial charge in [-0.2, -0.15) is 9.78 Å². The lowest BCUT2D eigenvalue weighted by Gasteiger charge is -1.96. The van der Waals surface area contributed by atoms with E-state index in [4.69, 9.17) is 0 Å². The fourth-order valence-electron chi connectivity index (χ4n) is 1.77. The van der Waals surface area contributed by atoms with Gasteiger partial charge in [0.05, 0.1) is 16.4 Å². The first-order valence-corrected chi connectivity index (χ1v) is 6.50. The minimum atomic E-state index is -0.173. The van der Waals surface area contributed by atoms with Gasteiger partial charge in [-0.1, -0.05) is 41.7 Å². The second-order valence-corrected chi connectivity index (χ2v) is 4.98. The van der Waals surface area contributed by atoms with Crippen molar-refractivity contribution in [1.82, 2.24) is 4.68 Å². The molecule has 2 aromatic carbocycles. The third-order valence-electron chi connectivity index (χ3n) is 2.66. The monoisotopic (exact) mass is 270 g/mol. The molecule has 0 aliphatic rings. The summed E-state index contributed by atoms with van der Waals surface area (Å²) < 4.78 is 2.10. The number of phenolic OH excluding ortho intramolecular Hbond substituents is 1. The molecular weight excluding hydrogens is 260 g/mol. The van der Waals surface area contributed by atoms with Crippen molar-refractivity contribution in [3.8, 4) is 5.75 Å². The summed E-state index contributed by atoms with van der Waals surface area (Å²) in [6.07, 6.45) is 1.62. The van der Waals surface area contributed by atoms with E-state index in [0.29, 0.717) is 5.52 Å². The molecule has 0 aliphatic carbocycles. The van der Waals surface area contributed by atoms with E-state index in [1.165, 1.54) is 10.7 Å². The standard InChI is InChI=1S/C14H10N2O2S/c17-11-6-7-13-12(8-11)16(14(18)19-13)15-9-10-4-2-1-3-5-10/h1-9,17H/b15-9+. The Hall–Kier alpha value is -2.40. The Bertz CT molecular complexity index is 803. The molecule has 0 unspecified atom stereocenters. The zero-order chi connectivity index (χ0) is 13.2. The van der Waals surface area contributed by atoms with Crippen LogP contribution in [0.25, 0.3) is 10.2 Å². The summed E-state index contributed by atoms with van der Waals surface area (Å²) in [6.45, 7) is 0. The number of phenols is 1. The van der Waals surface area contributed by atoms with Crippen molar-refractivity contribution < 1.29 is 5.11 Å². The van der Waals surface area contributed by atoms with Gasteiger partial charge in [0, 0.05) is 6.07 Å². The molecule has 3 rings (SSSR count).